The zero-order chi connectivity index (χ0) is 18.5. The molecule has 1 unspecified atom stereocenters. The van der Waals surface area contributed by atoms with E-state index in [1.54, 1.807) is 0 Å². The number of rotatable bonds is 12. The number of aryl methyl sites for hydroxylation is 1. The van der Waals surface area contributed by atoms with Crippen LogP contribution in [0.25, 0.3) is 0 Å². The summed E-state index contributed by atoms with van der Waals surface area (Å²) in [4.78, 5) is 23.3. The summed E-state index contributed by atoms with van der Waals surface area (Å²) in [6.45, 7) is 0.296. The molecule has 144 valence electrons. The summed E-state index contributed by atoms with van der Waals surface area (Å²) < 4.78 is 10.2. The average molecular weight is 397 g/mol. The standard InChI is InChI=1S/C20H28O4S2/c21-19(11-5-4-10-18-13-16-25-26-18)23-14-15-24-20(22)12-6-9-17-7-2-1-3-8-17/h1-3,7-8,18H,4-6,9-16H2. The maximum absolute atomic E-state index is 11.6. The highest BCUT2D eigenvalue weighted by Gasteiger charge is 2.16. The Kier molecular flexibility index (Phi) is 10.7. The van der Waals surface area contributed by atoms with Crippen LogP contribution in [0, 0.1) is 0 Å². The fraction of sp³-hybridized carbons (Fsp3) is 0.600. The van der Waals surface area contributed by atoms with Crippen molar-refractivity contribution in [3.8, 4) is 0 Å². The summed E-state index contributed by atoms with van der Waals surface area (Å²) in [6.07, 6.45) is 6.89. The minimum absolute atomic E-state index is 0.145. The summed E-state index contributed by atoms with van der Waals surface area (Å²) in [6, 6.07) is 10.1. The van der Waals surface area contributed by atoms with E-state index in [1.807, 2.05) is 39.8 Å². The summed E-state index contributed by atoms with van der Waals surface area (Å²) >= 11 is 0. The highest BCUT2D eigenvalue weighted by molar-refractivity contribution is 8.77. The Morgan fingerprint density at radius 1 is 0.962 bits per heavy atom. The van der Waals surface area contributed by atoms with Gasteiger partial charge in [-0.05, 0) is 37.7 Å². The normalized spacial score (nSPS) is 16.4. The first-order chi connectivity index (χ1) is 12.7. The van der Waals surface area contributed by atoms with Crippen LogP contribution >= 0.6 is 21.6 Å². The van der Waals surface area contributed by atoms with Crippen LogP contribution in [-0.4, -0.2) is 36.2 Å². The van der Waals surface area contributed by atoms with Gasteiger partial charge in [-0.1, -0.05) is 58.3 Å². The molecule has 1 atom stereocenters. The minimum Gasteiger partial charge on any atom is -0.462 e. The maximum atomic E-state index is 11.6. The molecule has 1 heterocycles. The van der Waals surface area contributed by atoms with Crippen LogP contribution in [0.5, 0.6) is 0 Å². The van der Waals surface area contributed by atoms with Gasteiger partial charge in [-0.3, -0.25) is 9.59 Å². The van der Waals surface area contributed by atoms with Gasteiger partial charge in [-0.15, -0.1) is 0 Å². The van der Waals surface area contributed by atoms with Crippen LogP contribution in [0.15, 0.2) is 30.3 Å². The van der Waals surface area contributed by atoms with Gasteiger partial charge in [0, 0.05) is 23.8 Å². The molecule has 0 amide bonds. The van der Waals surface area contributed by atoms with Crippen molar-refractivity contribution in [1.29, 1.82) is 0 Å². The monoisotopic (exact) mass is 396 g/mol. The molecule has 0 spiro atoms. The van der Waals surface area contributed by atoms with E-state index in [1.165, 1.54) is 24.2 Å². The van der Waals surface area contributed by atoms with Crippen molar-refractivity contribution in [3.63, 3.8) is 0 Å². The maximum Gasteiger partial charge on any atom is 0.305 e. The molecular formula is C20H28O4S2. The summed E-state index contributed by atoms with van der Waals surface area (Å²) in [7, 11) is 3.93. The summed E-state index contributed by atoms with van der Waals surface area (Å²) in [5.74, 6) is 0.824. The van der Waals surface area contributed by atoms with Gasteiger partial charge in [-0.2, -0.15) is 0 Å². The molecule has 0 radical (unpaired) electrons. The van der Waals surface area contributed by atoms with Gasteiger partial charge in [-0.25, -0.2) is 0 Å². The molecule has 1 fully saturated rings. The molecule has 2 rings (SSSR count). The molecule has 1 aromatic rings. The molecule has 0 N–H and O–H groups in total. The van der Waals surface area contributed by atoms with Gasteiger partial charge >= 0.3 is 11.9 Å². The van der Waals surface area contributed by atoms with Crippen LogP contribution < -0.4 is 0 Å². The van der Waals surface area contributed by atoms with Gasteiger partial charge in [0.05, 0.1) is 0 Å². The van der Waals surface area contributed by atoms with Crippen LogP contribution in [0.3, 0.4) is 0 Å². The van der Waals surface area contributed by atoms with Gasteiger partial charge in [0.2, 0.25) is 0 Å². The van der Waals surface area contributed by atoms with E-state index in [0.717, 1.165) is 30.9 Å². The van der Waals surface area contributed by atoms with Gasteiger partial charge in [0.25, 0.3) is 0 Å². The second kappa shape index (κ2) is 13.1. The molecule has 0 aromatic heterocycles. The van der Waals surface area contributed by atoms with Crippen molar-refractivity contribution in [1.82, 2.24) is 0 Å². The van der Waals surface area contributed by atoms with Crippen molar-refractivity contribution >= 4 is 33.5 Å². The van der Waals surface area contributed by atoms with Gasteiger partial charge < -0.3 is 9.47 Å². The van der Waals surface area contributed by atoms with E-state index in [9.17, 15) is 9.59 Å². The third-order valence-corrected chi connectivity index (χ3v) is 7.19. The van der Waals surface area contributed by atoms with Gasteiger partial charge in [0.1, 0.15) is 13.2 Å². The Balaban J connectivity index is 1.40. The van der Waals surface area contributed by atoms with E-state index >= 15 is 0 Å². The molecule has 1 aliphatic rings. The van der Waals surface area contributed by atoms with E-state index in [2.05, 4.69) is 12.1 Å². The van der Waals surface area contributed by atoms with Gasteiger partial charge in [0.15, 0.2) is 0 Å². The molecule has 6 heteroatoms. The fourth-order valence-electron chi connectivity index (χ4n) is 2.74. The Morgan fingerprint density at radius 2 is 1.65 bits per heavy atom. The number of esters is 2. The number of benzene rings is 1. The van der Waals surface area contributed by atoms with E-state index in [-0.39, 0.29) is 25.2 Å². The average Bonchev–Trinajstić information content (AvgIpc) is 3.17. The lowest BCUT2D eigenvalue weighted by Crippen LogP contribution is -2.14. The second-order valence-corrected chi connectivity index (χ2v) is 9.14. The Bertz CT molecular complexity index is 530. The number of hydrogen-bond donors (Lipinski definition) is 0. The van der Waals surface area contributed by atoms with Crippen molar-refractivity contribution in [2.75, 3.05) is 19.0 Å². The Morgan fingerprint density at radius 3 is 2.31 bits per heavy atom. The molecule has 0 saturated carbocycles. The first-order valence-electron chi connectivity index (χ1n) is 9.37. The Hall–Kier alpha value is -1.14. The number of carbonyl (C=O) groups excluding carboxylic acids is 2. The molecule has 0 bridgehead atoms. The predicted molar refractivity (Wildman–Crippen MR) is 108 cm³/mol. The Labute approximate surface area is 164 Å². The first kappa shape index (κ1) is 21.2. The molecule has 1 saturated heterocycles. The number of hydrogen-bond acceptors (Lipinski definition) is 6. The van der Waals surface area contributed by atoms with Crippen LogP contribution in [0.2, 0.25) is 0 Å². The van der Waals surface area contributed by atoms with Crippen LogP contribution in [0.1, 0.15) is 50.5 Å². The summed E-state index contributed by atoms with van der Waals surface area (Å²) in [5.41, 5.74) is 1.22. The zero-order valence-corrected chi connectivity index (χ0v) is 16.8. The number of ether oxygens (including phenoxy) is 2. The lowest BCUT2D eigenvalue weighted by Gasteiger charge is -2.08. The molecule has 26 heavy (non-hydrogen) atoms. The highest BCUT2D eigenvalue weighted by Crippen LogP contribution is 2.39. The molecule has 1 aliphatic heterocycles. The van der Waals surface area contributed by atoms with Crippen molar-refractivity contribution in [2.24, 2.45) is 0 Å². The highest BCUT2D eigenvalue weighted by atomic mass is 33.1. The van der Waals surface area contributed by atoms with Crippen LogP contribution in [-0.2, 0) is 25.5 Å². The molecule has 4 nitrogen and oxygen atoms in total. The third kappa shape index (κ3) is 9.53. The van der Waals surface area contributed by atoms with Crippen molar-refractivity contribution < 1.29 is 19.1 Å². The minimum atomic E-state index is -0.232. The van der Waals surface area contributed by atoms with Crippen molar-refractivity contribution in [3.05, 3.63) is 35.9 Å². The number of carbonyl (C=O) groups is 2. The number of unbranched alkanes of at least 4 members (excludes halogenated alkanes) is 1. The first-order valence-corrected chi connectivity index (χ1v) is 11.8. The largest absolute Gasteiger partial charge is 0.462 e. The second-order valence-electron chi connectivity index (χ2n) is 6.35. The smallest absolute Gasteiger partial charge is 0.305 e. The lowest BCUT2D eigenvalue weighted by atomic mass is 10.1. The molecular weight excluding hydrogens is 368 g/mol. The van der Waals surface area contributed by atoms with E-state index in [4.69, 9.17) is 9.47 Å². The molecule has 0 aliphatic carbocycles. The van der Waals surface area contributed by atoms with E-state index < -0.39 is 0 Å². The third-order valence-electron chi connectivity index (χ3n) is 4.18. The zero-order valence-electron chi connectivity index (χ0n) is 15.2. The van der Waals surface area contributed by atoms with E-state index in [0.29, 0.717) is 12.8 Å². The SMILES string of the molecule is O=C(CCCCC1CCSS1)OCCOC(=O)CCCc1ccccc1. The van der Waals surface area contributed by atoms with Crippen LogP contribution in [0.4, 0.5) is 0 Å². The summed E-state index contributed by atoms with van der Waals surface area (Å²) in [5, 5.41) is 0.761. The predicted octanol–water partition coefficient (Wildman–Crippen LogP) is 4.81. The van der Waals surface area contributed by atoms with Crippen molar-refractivity contribution in [2.45, 2.75) is 56.6 Å². The fourth-order valence-corrected chi connectivity index (χ4v) is 5.77. The lowest BCUT2D eigenvalue weighted by molar-refractivity contribution is -0.152. The quantitative estimate of drug-likeness (QED) is 0.287. The topological polar surface area (TPSA) is 52.6 Å². The molecule has 1 aromatic carbocycles.